The van der Waals surface area contributed by atoms with Crippen molar-refractivity contribution >= 4 is 11.8 Å². The molecule has 1 aliphatic rings. The molecule has 10 heavy (non-hydrogen) atoms. The van der Waals surface area contributed by atoms with E-state index in [0.29, 0.717) is 0 Å². The molecule has 0 amide bonds. The fraction of sp³-hybridized carbons (Fsp3) is 1.00. The van der Waals surface area contributed by atoms with Gasteiger partial charge in [0.05, 0.1) is 0 Å². The van der Waals surface area contributed by atoms with Crippen molar-refractivity contribution in [1.82, 2.24) is 0 Å². The van der Waals surface area contributed by atoms with Gasteiger partial charge in [-0.05, 0) is 30.8 Å². The van der Waals surface area contributed by atoms with Crippen LogP contribution in [0.1, 0.15) is 38.5 Å². The quantitative estimate of drug-likeness (QED) is 0.556. The Bertz CT molecular complexity index is 72.8. The van der Waals surface area contributed by atoms with Gasteiger partial charge in [-0.25, -0.2) is 0 Å². The van der Waals surface area contributed by atoms with Gasteiger partial charge in [-0.3, -0.25) is 0 Å². The summed E-state index contributed by atoms with van der Waals surface area (Å²) in [7, 11) is 0. The van der Waals surface area contributed by atoms with E-state index in [-0.39, 0.29) is 0 Å². The maximum Gasteiger partial charge on any atom is -0.00419 e. The molecule has 0 aromatic rings. The predicted molar refractivity (Wildman–Crippen MR) is 49.6 cm³/mol. The molecule has 0 nitrogen and oxygen atoms in total. The molecule has 1 rings (SSSR count). The van der Waals surface area contributed by atoms with Crippen molar-refractivity contribution in [3.8, 4) is 0 Å². The molecule has 0 unspecified atom stereocenters. The summed E-state index contributed by atoms with van der Waals surface area (Å²) >= 11 is 2.02. The molecule has 0 aromatic carbocycles. The molecule has 0 heterocycles. The fourth-order valence-electron chi connectivity index (χ4n) is 1.77. The average Bonchev–Trinajstić information content (AvgIpc) is 2.17. The zero-order valence-electron chi connectivity index (χ0n) is 6.94. The lowest BCUT2D eigenvalue weighted by atomic mass is 10.0. The highest BCUT2D eigenvalue weighted by molar-refractivity contribution is 7.98. The topological polar surface area (TPSA) is 0 Å². The van der Waals surface area contributed by atoms with Gasteiger partial charge in [0.25, 0.3) is 0 Å². The zero-order chi connectivity index (χ0) is 7.23. The van der Waals surface area contributed by atoms with Crippen LogP contribution in [0, 0.1) is 5.92 Å². The van der Waals surface area contributed by atoms with Crippen LogP contribution in [0.3, 0.4) is 0 Å². The van der Waals surface area contributed by atoms with E-state index < -0.39 is 0 Å². The number of hydrogen-bond acceptors (Lipinski definition) is 1. The first-order valence-corrected chi connectivity index (χ1v) is 5.82. The van der Waals surface area contributed by atoms with Gasteiger partial charge < -0.3 is 0 Å². The van der Waals surface area contributed by atoms with Crippen LogP contribution >= 0.6 is 11.8 Å². The van der Waals surface area contributed by atoms with Crippen LogP contribution in [0.4, 0.5) is 0 Å². The molecule has 0 saturated heterocycles. The summed E-state index contributed by atoms with van der Waals surface area (Å²) in [5.74, 6) is 2.46. The van der Waals surface area contributed by atoms with E-state index >= 15 is 0 Å². The maximum absolute atomic E-state index is 2.23. The molecule has 0 atom stereocenters. The van der Waals surface area contributed by atoms with Crippen molar-refractivity contribution in [3.63, 3.8) is 0 Å². The summed E-state index contributed by atoms with van der Waals surface area (Å²) in [6, 6.07) is 0. The molecule has 0 radical (unpaired) electrons. The normalized spacial score (nSPS) is 22.5. The highest BCUT2D eigenvalue weighted by Gasteiger charge is 2.10. The van der Waals surface area contributed by atoms with Gasteiger partial charge in [-0.2, -0.15) is 11.8 Å². The Balaban J connectivity index is 2.15. The lowest BCUT2D eigenvalue weighted by molar-refractivity contribution is 0.513. The van der Waals surface area contributed by atoms with Crippen LogP contribution < -0.4 is 0 Å². The molecule has 1 aliphatic carbocycles. The smallest absolute Gasteiger partial charge is 0.00419 e. The third-order valence-electron chi connectivity index (χ3n) is 2.38. The predicted octanol–water partition coefficient (Wildman–Crippen LogP) is 3.32. The van der Waals surface area contributed by atoms with Gasteiger partial charge in [-0.1, -0.05) is 25.7 Å². The molecular formula is C9H18S. The van der Waals surface area contributed by atoms with Gasteiger partial charge in [0.1, 0.15) is 0 Å². The minimum absolute atomic E-state index is 1.05. The fourth-order valence-corrected chi connectivity index (χ4v) is 2.57. The lowest BCUT2D eigenvalue weighted by Crippen LogP contribution is -2.00. The van der Waals surface area contributed by atoms with Crippen LogP contribution in [-0.2, 0) is 0 Å². The van der Waals surface area contributed by atoms with Crippen LogP contribution in [0.2, 0.25) is 0 Å². The second kappa shape index (κ2) is 5.06. The number of rotatable bonds is 2. The Labute approximate surface area is 68.8 Å². The third kappa shape index (κ3) is 2.96. The Morgan fingerprint density at radius 3 is 2.20 bits per heavy atom. The molecular weight excluding hydrogens is 140 g/mol. The Morgan fingerprint density at radius 2 is 1.70 bits per heavy atom. The molecule has 1 heteroatoms. The van der Waals surface area contributed by atoms with Crippen LogP contribution in [0.15, 0.2) is 0 Å². The molecule has 1 fully saturated rings. The first-order valence-electron chi connectivity index (χ1n) is 4.42. The maximum atomic E-state index is 2.23. The van der Waals surface area contributed by atoms with Crippen molar-refractivity contribution in [1.29, 1.82) is 0 Å². The van der Waals surface area contributed by atoms with E-state index in [1.807, 2.05) is 11.8 Å². The van der Waals surface area contributed by atoms with E-state index in [9.17, 15) is 0 Å². The van der Waals surface area contributed by atoms with Gasteiger partial charge in [0, 0.05) is 0 Å². The van der Waals surface area contributed by atoms with Crippen LogP contribution in [0.25, 0.3) is 0 Å². The highest BCUT2D eigenvalue weighted by atomic mass is 32.2. The van der Waals surface area contributed by atoms with E-state index in [0.717, 1.165) is 5.92 Å². The minimum Gasteiger partial charge on any atom is -0.165 e. The summed E-state index contributed by atoms with van der Waals surface area (Å²) in [5.41, 5.74) is 0. The van der Waals surface area contributed by atoms with E-state index in [4.69, 9.17) is 0 Å². The first-order chi connectivity index (χ1) is 4.93. The second-order valence-electron chi connectivity index (χ2n) is 3.31. The molecule has 60 valence electrons. The van der Waals surface area contributed by atoms with E-state index in [2.05, 4.69) is 6.26 Å². The number of thioether (sulfide) groups is 1. The van der Waals surface area contributed by atoms with Crippen LogP contribution in [-0.4, -0.2) is 12.0 Å². The largest absolute Gasteiger partial charge is 0.165 e. The van der Waals surface area contributed by atoms with Crippen molar-refractivity contribution in [3.05, 3.63) is 0 Å². The van der Waals surface area contributed by atoms with E-state index in [1.54, 1.807) is 0 Å². The monoisotopic (exact) mass is 158 g/mol. The van der Waals surface area contributed by atoms with Gasteiger partial charge in [-0.15, -0.1) is 0 Å². The average molecular weight is 158 g/mol. The Kier molecular flexibility index (Phi) is 4.27. The van der Waals surface area contributed by atoms with Crippen molar-refractivity contribution in [2.24, 2.45) is 5.92 Å². The molecule has 0 spiro atoms. The van der Waals surface area contributed by atoms with Crippen molar-refractivity contribution < 1.29 is 0 Å². The summed E-state index contributed by atoms with van der Waals surface area (Å²) < 4.78 is 0. The molecule has 0 N–H and O–H groups in total. The molecule has 1 saturated carbocycles. The first kappa shape index (κ1) is 8.45. The standard InChI is InChI=1S/C9H18S/c1-10-8-9-6-4-2-3-5-7-9/h9H,2-8H2,1H3. The molecule has 0 bridgehead atoms. The summed E-state index contributed by atoms with van der Waals surface area (Å²) in [4.78, 5) is 0. The van der Waals surface area contributed by atoms with Gasteiger partial charge in [0.15, 0.2) is 0 Å². The number of hydrogen-bond donors (Lipinski definition) is 0. The van der Waals surface area contributed by atoms with Crippen molar-refractivity contribution in [2.75, 3.05) is 12.0 Å². The highest BCUT2D eigenvalue weighted by Crippen LogP contribution is 2.24. The summed E-state index contributed by atoms with van der Waals surface area (Å²) in [5, 5.41) is 0. The lowest BCUT2D eigenvalue weighted by Gasteiger charge is -2.10. The SMILES string of the molecule is CSCC1CCCCCC1. The minimum atomic E-state index is 1.05. The summed E-state index contributed by atoms with van der Waals surface area (Å²) in [6.45, 7) is 0. The van der Waals surface area contributed by atoms with Gasteiger partial charge >= 0.3 is 0 Å². The molecule has 0 aliphatic heterocycles. The third-order valence-corrected chi connectivity index (χ3v) is 3.18. The summed E-state index contributed by atoms with van der Waals surface area (Å²) in [6.07, 6.45) is 11.2. The van der Waals surface area contributed by atoms with E-state index in [1.165, 1.54) is 44.3 Å². The van der Waals surface area contributed by atoms with Crippen molar-refractivity contribution in [2.45, 2.75) is 38.5 Å². The Morgan fingerprint density at radius 1 is 1.10 bits per heavy atom. The van der Waals surface area contributed by atoms with Gasteiger partial charge in [0.2, 0.25) is 0 Å². The Hall–Kier alpha value is 0.350. The zero-order valence-corrected chi connectivity index (χ0v) is 7.75. The second-order valence-corrected chi connectivity index (χ2v) is 4.22. The van der Waals surface area contributed by atoms with Crippen LogP contribution in [0.5, 0.6) is 0 Å². The molecule has 0 aromatic heterocycles.